The number of aromatic nitrogens is 1. The fourth-order valence-electron chi connectivity index (χ4n) is 5.19. The number of hydrogen-bond acceptors (Lipinski definition) is 5. The number of nitriles is 1. The molecule has 3 heterocycles. The largest absolute Gasteiger partial charge is 0.489 e. The molecule has 176 valence electrons. The first kappa shape index (κ1) is 22.5. The van der Waals surface area contributed by atoms with Gasteiger partial charge in [-0.1, -0.05) is 42.8 Å². The van der Waals surface area contributed by atoms with Crippen molar-refractivity contribution in [3.05, 3.63) is 106 Å². The Morgan fingerprint density at radius 1 is 1.08 bits per heavy atom. The average Bonchev–Trinajstić information content (AvgIpc) is 2.90. The van der Waals surface area contributed by atoms with Crippen molar-refractivity contribution in [2.75, 3.05) is 0 Å². The Hall–Kier alpha value is -3.98. The maximum absolute atomic E-state index is 9.79. The summed E-state index contributed by atoms with van der Waals surface area (Å²) in [5.74, 6) is 0.963. The number of ether oxygens (including phenoxy) is 1. The number of pyridine rings is 1. The second-order valence-corrected chi connectivity index (χ2v) is 9.85. The van der Waals surface area contributed by atoms with E-state index in [0.29, 0.717) is 16.5 Å². The fourth-order valence-corrected chi connectivity index (χ4v) is 5.39. The Bertz CT molecular complexity index is 1630. The van der Waals surface area contributed by atoms with Gasteiger partial charge < -0.3 is 10.5 Å². The van der Waals surface area contributed by atoms with E-state index in [9.17, 15) is 5.26 Å². The molecule has 4 aromatic rings. The third kappa shape index (κ3) is 3.67. The summed E-state index contributed by atoms with van der Waals surface area (Å²) in [6, 6.07) is 23.9. The highest BCUT2D eigenvalue weighted by Gasteiger charge is 2.36. The highest BCUT2D eigenvalue weighted by molar-refractivity contribution is 6.30. The summed E-state index contributed by atoms with van der Waals surface area (Å²) in [6.07, 6.45) is 4.60. The normalized spacial score (nSPS) is 20.5. The zero-order valence-corrected chi connectivity index (χ0v) is 20.5. The van der Waals surface area contributed by atoms with Gasteiger partial charge >= 0.3 is 0 Å². The molecule has 0 fully saturated rings. The van der Waals surface area contributed by atoms with Gasteiger partial charge in [0.05, 0.1) is 22.7 Å². The van der Waals surface area contributed by atoms with Crippen molar-refractivity contribution in [3.63, 3.8) is 0 Å². The van der Waals surface area contributed by atoms with E-state index in [2.05, 4.69) is 29.0 Å². The van der Waals surface area contributed by atoms with Crippen LogP contribution >= 0.6 is 11.6 Å². The Kier molecular flexibility index (Phi) is 5.37. The molecule has 3 aromatic carbocycles. The summed E-state index contributed by atoms with van der Waals surface area (Å²) in [4.78, 5) is 9.09. The summed E-state index contributed by atoms with van der Waals surface area (Å²) in [5.41, 5.74) is 13.3. The number of rotatable bonds is 1. The van der Waals surface area contributed by atoms with Crippen LogP contribution in [-0.2, 0) is 12.1 Å². The van der Waals surface area contributed by atoms with Crippen LogP contribution in [0.15, 0.2) is 83.5 Å². The number of nitrogens with two attached hydrogens (primary N) is 1. The molecule has 6 heteroatoms. The Labute approximate surface area is 214 Å². The van der Waals surface area contributed by atoms with Gasteiger partial charge in [0.1, 0.15) is 17.5 Å². The second kappa shape index (κ2) is 8.60. The number of hydrogen-bond donors (Lipinski definition) is 1. The molecule has 2 unspecified atom stereocenters. The Balaban J connectivity index is 1.71. The molecule has 2 N–H and O–H groups in total. The van der Waals surface area contributed by atoms with Crippen molar-refractivity contribution >= 4 is 28.7 Å². The van der Waals surface area contributed by atoms with Crippen LogP contribution in [0.25, 0.3) is 22.0 Å². The molecule has 0 amide bonds. The van der Waals surface area contributed by atoms with Crippen LogP contribution in [0.4, 0.5) is 0 Å². The number of aliphatic imine (C=N–C) groups is 1. The van der Waals surface area contributed by atoms with E-state index < -0.39 is 5.54 Å². The van der Waals surface area contributed by atoms with Gasteiger partial charge in [-0.05, 0) is 82.6 Å². The molecule has 0 spiro atoms. The third-order valence-corrected chi connectivity index (χ3v) is 7.27. The molecule has 6 bridgehead atoms. The van der Waals surface area contributed by atoms with Gasteiger partial charge in [0.2, 0.25) is 0 Å². The van der Waals surface area contributed by atoms with Crippen molar-refractivity contribution in [1.82, 2.24) is 4.98 Å². The van der Waals surface area contributed by atoms with Crippen LogP contribution in [0.3, 0.4) is 0 Å². The average molecular weight is 491 g/mol. The Morgan fingerprint density at radius 3 is 2.75 bits per heavy atom. The Morgan fingerprint density at radius 2 is 1.92 bits per heavy atom. The predicted octanol–water partition coefficient (Wildman–Crippen LogP) is 6.52. The molecule has 2 aliphatic rings. The first-order valence-corrected chi connectivity index (χ1v) is 12.2. The zero-order chi connectivity index (χ0) is 24.9. The number of fused-ring (bicyclic) bond motifs is 6. The topological polar surface area (TPSA) is 84.3 Å². The summed E-state index contributed by atoms with van der Waals surface area (Å²) < 4.78 is 6.18. The predicted molar refractivity (Wildman–Crippen MR) is 143 cm³/mol. The van der Waals surface area contributed by atoms with Gasteiger partial charge in [0.25, 0.3) is 0 Å². The quantitative estimate of drug-likeness (QED) is 0.308. The zero-order valence-electron chi connectivity index (χ0n) is 19.7. The van der Waals surface area contributed by atoms with E-state index in [4.69, 9.17) is 22.1 Å². The van der Waals surface area contributed by atoms with E-state index in [0.717, 1.165) is 50.7 Å². The van der Waals surface area contributed by atoms with Crippen LogP contribution in [0.1, 0.15) is 35.6 Å². The SMILES string of the molecule is CC1C=NC=C(C2(N)c3ccc(C#N)c(c3)COc3cccc(c3)-c3cc(Cl)nc4ccc2cc34)C1. The van der Waals surface area contributed by atoms with Gasteiger partial charge in [-0.2, -0.15) is 5.26 Å². The van der Waals surface area contributed by atoms with Gasteiger partial charge in [-0.25, -0.2) is 4.98 Å². The van der Waals surface area contributed by atoms with Gasteiger partial charge in [-0.15, -0.1) is 0 Å². The van der Waals surface area contributed by atoms with E-state index >= 15 is 0 Å². The second-order valence-electron chi connectivity index (χ2n) is 9.47. The molecule has 2 aliphatic heterocycles. The summed E-state index contributed by atoms with van der Waals surface area (Å²) >= 11 is 6.44. The van der Waals surface area contributed by atoms with E-state index in [1.165, 1.54) is 0 Å². The van der Waals surface area contributed by atoms with E-state index in [1.54, 1.807) is 0 Å². The summed E-state index contributed by atoms with van der Waals surface area (Å²) in [7, 11) is 0. The molecule has 0 radical (unpaired) electrons. The molecule has 0 saturated heterocycles. The van der Waals surface area contributed by atoms with Crippen LogP contribution in [0.5, 0.6) is 5.75 Å². The number of nitrogens with zero attached hydrogens (tertiary/aromatic N) is 3. The van der Waals surface area contributed by atoms with Crippen LogP contribution in [-0.4, -0.2) is 11.2 Å². The summed E-state index contributed by atoms with van der Waals surface area (Å²) in [5, 5.41) is 11.2. The van der Waals surface area contributed by atoms with Crippen LogP contribution < -0.4 is 10.5 Å². The third-order valence-electron chi connectivity index (χ3n) is 7.07. The van der Waals surface area contributed by atoms with Gasteiger partial charge in [0.15, 0.2) is 0 Å². The van der Waals surface area contributed by atoms with E-state index in [-0.39, 0.29) is 12.5 Å². The van der Waals surface area contributed by atoms with Crippen LogP contribution in [0.2, 0.25) is 5.15 Å². The highest BCUT2D eigenvalue weighted by atomic mass is 35.5. The molecule has 6 rings (SSSR count). The maximum atomic E-state index is 9.79. The van der Waals surface area contributed by atoms with Crippen molar-refractivity contribution in [2.45, 2.75) is 25.5 Å². The molecule has 5 nitrogen and oxygen atoms in total. The lowest BCUT2D eigenvalue weighted by molar-refractivity contribution is 0.305. The molecule has 1 aromatic heterocycles. The first-order valence-electron chi connectivity index (χ1n) is 11.8. The first-order chi connectivity index (χ1) is 17.5. The van der Waals surface area contributed by atoms with E-state index in [1.807, 2.05) is 73.1 Å². The van der Waals surface area contributed by atoms with Crippen LogP contribution in [0, 0.1) is 17.2 Å². The number of benzene rings is 3. The lowest BCUT2D eigenvalue weighted by Gasteiger charge is -2.36. The minimum atomic E-state index is -0.966. The van der Waals surface area contributed by atoms with Gasteiger partial charge in [0, 0.05) is 23.4 Å². The highest BCUT2D eigenvalue weighted by Crippen LogP contribution is 2.42. The summed E-state index contributed by atoms with van der Waals surface area (Å²) in [6.45, 7) is 2.38. The van der Waals surface area contributed by atoms with Gasteiger partial charge in [-0.3, -0.25) is 4.99 Å². The van der Waals surface area contributed by atoms with Crippen molar-refractivity contribution in [2.24, 2.45) is 16.6 Å². The minimum Gasteiger partial charge on any atom is -0.489 e. The molecule has 0 saturated carbocycles. The molecule has 0 aliphatic carbocycles. The van der Waals surface area contributed by atoms with Crippen molar-refractivity contribution in [1.29, 1.82) is 5.26 Å². The lowest BCUT2D eigenvalue weighted by Crippen LogP contribution is -2.41. The monoisotopic (exact) mass is 490 g/mol. The maximum Gasteiger partial charge on any atom is 0.130 e. The smallest absolute Gasteiger partial charge is 0.130 e. The lowest BCUT2D eigenvalue weighted by atomic mass is 9.73. The molecule has 2 atom stereocenters. The van der Waals surface area contributed by atoms with Crippen molar-refractivity contribution in [3.8, 4) is 22.9 Å². The minimum absolute atomic E-state index is 0.244. The molecular formula is C30H23ClN4O. The molecule has 36 heavy (non-hydrogen) atoms. The van der Waals surface area contributed by atoms with Crippen molar-refractivity contribution < 1.29 is 4.74 Å². The molecular weight excluding hydrogens is 468 g/mol. The standard InChI is InChI=1S/C30H23ClN4O/c1-18-9-24(16-34-15-18)30(33)22-6-5-20(14-32)21(10-22)17-36-25-4-2-3-19(11-25)26-13-29(31)35-28-8-7-23(30)12-27(26)28/h2-8,10-13,15-16,18H,9,17,33H2,1H3. The fraction of sp³-hybridized carbons (Fsp3) is 0.167. The number of halogens is 1.